The molecule has 2 atom stereocenters. The Labute approximate surface area is 232 Å². The number of para-hydroxylation sites is 1. The Morgan fingerprint density at radius 3 is 2.24 bits per heavy atom. The zero-order valence-electron chi connectivity index (χ0n) is 22.0. The summed E-state index contributed by atoms with van der Waals surface area (Å²) in [6.07, 6.45) is -9.14. The molecule has 0 bridgehead atoms. The lowest BCUT2D eigenvalue weighted by Crippen LogP contribution is -2.54. The highest BCUT2D eigenvalue weighted by Gasteiger charge is 2.71. The van der Waals surface area contributed by atoms with Crippen molar-refractivity contribution >= 4 is 5.69 Å². The summed E-state index contributed by atoms with van der Waals surface area (Å²) in [6, 6.07) is 19.0. The molecular formula is C30H26F6N2O3. The van der Waals surface area contributed by atoms with Crippen molar-refractivity contribution in [1.82, 2.24) is 4.98 Å². The average molecular weight is 577 g/mol. The largest absolute Gasteiger partial charge is 0.489 e. The van der Waals surface area contributed by atoms with Crippen LogP contribution >= 0.6 is 0 Å². The number of fused-ring (bicyclic) bond motifs is 1. The summed E-state index contributed by atoms with van der Waals surface area (Å²) in [5.74, 6) is 0.516. The molecule has 0 amide bonds. The van der Waals surface area contributed by atoms with Gasteiger partial charge in [0.15, 0.2) is 6.39 Å². The van der Waals surface area contributed by atoms with E-state index in [2.05, 4.69) is 4.98 Å². The fourth-order valence-electron chi connectivity index (χ4n) is 5.60. The molecule has 4 aromatic rings. The van der Waals surface area contributed by atoms with Crippen molar-refractivity contribution in [2.75, 3.05) is 4.90 Å². The number of hydrogen-bond acceptors (Lipinski definition) is 5. The minimum absolute atomic E-state index is 0.120. The standard InChI is InChI=1S/C30H26F6N2O3/c1-19-14-21-15-22(28(39,29(31,32)33)30(34,35)36)12-13-24(21)38(19)27(2,26-17-40-18-37-26)23-10-6-7-11-25(23)41-16-20-8-4-3-5-9-20/h3-13,15,17-19,39H,14,16H2,1-2H3. The molecule has 1 N–H and O–H groups in total. The van der Waals surface area contributed by atoms with Gasteiger partial charge in [-0.25, -0.2) is 4.98 Å². The molecule has 1 aliphatic rings. The molecule has 1 aliphatic heterocycles. The van der Waals surface area contributed by atoms with Gasteiger partial charge in [-0.2, -0.15) is 26.3 Å². The van der Waals surface area contributed by atoms with Crippen LogP contribution in [0, 0.1) is 0 Å². The van der Waals surface area contributed by atoms with E-state index in [9.17, 15) is 31.4 Å². The van der Waals surface area contributed by atoms with Crippen LogP contribution in [0.3, 0.4) is 0 Å². The van der Waals surface area contributed by atoms with Gasteiger partial charge in [-0.1, -0.05) is 60.7 Å². The van der Waals surface area contributed by atoms with Gasteiger partial charge in [-0.3, -0.25) is 0 Å². The van der Waals surface area contributed by atoms with E-state index in [0.717, 1.165) is 11.6 Å². The van der Waals surface area contributed by atoms with E-state index < -0.39 is 35.1 Å². The molecule has 0 radical (unpaired) electrons. The Balaban J connectivity index is 1.62. The maximum atomic E-state index is 13.6. The Morgan fingerprint density at radius 2 is 1.61 bits per heavy atom. The number of aromatic nitrogens is 1. The molecule has 0 saturated heterocycles. The van der Waals surface area contributed by atoms with Gasteiger partial charge in [0.1, 0.15) is 29.9 Å². The summed E-state index contributed by atoms with van der Waals surface area (Å²) in [4.78, 5) is 6.28. The minimum atomic E-state index is -5.98. The topological polar surface area (TPSA) is 58.7 Å². The second-order valence-electron chi connectivity index (χ2n) is 10.2. The number of benzene rings is 3. The van der Waals surface area contributed by atoms with Crippen LogP contribution in [-0.4, -0.2) is 28.5 Å². The first-order chi connectivity index (χ1) is 19.3. The van der Waals surface area contributed by atoms with Crippen molar-refractivity contribution in [2.45, 2.75) is 56.4 Å². The first-order valence-corrected chi connectivity index (χ1v) is 12.7. The minimum Gasteiger partial charge on any atom is -0.489 e. The number of alkyl halides is 6. The van der Waals surface area contributed by atoms with Crippen LogP contribution in [0.2, 0.25) is 0 Å². The number of ether oxygens (including phenoxy) is 1. The Kier molecular flexibility index (Phi) is 7.05. The number of nitrogens with zero attached hydrogens (tertiary/aromatic N) is 2. The smallest absolute Gasteiger partial charge is 0.430 e. The van der Waals surface area contributed by atoms with Crippen molar-refractivity contribution in [2.24, 2.45) is 0 Å². The highest BCUT2D eigenvalue weighted by Crippen LogP contribution is 2.53. The van der Waals surface area contributed by atoms with Crippen molar-refractivity contribution < 1.29 is 40.6 Å². The van der Waals surface area contributed by atoms with Gasteiger partial charge in [0.25, 0.3) is 5.60 Å². The van der Waals surface area contributed by atoms with Crippen molar-refractivity contribution in [3.63, 3.8) is 0 Å². The molecule has 216 valence electrons. The number of halogens is 6. The molecule has 0 spiro atoms. The SMILES string of the molecule is CC1Cc2cc(C(O)(C(F)(F)F)C(F)(F)F)ccc2N1C(C)(c1cocn1)c1ccccc1OCc1ccccc1. The van der Waals surface area contributed by atoms with Crippen LogP contribution < -0.4 is 9.64 Å². The first kappa shape index (κ1) is 28.5. The quantitative estimate of drug-likeness (QED) is 0.235. The summed E-state index contributed by atoms with van der Waals surface area (Å²) in [6.45, 7) is 3.91. The van der Waals surface area contributed by atoms with Crippen molar-refractivity contribution in [1.29, 1.82) is 0 Å². The van der Waals surface area contributed by atoms with Crippen LogP contribution in [0.1, 0.15) is 41.8 Å². The van der Waals surface area contributed by atoms with Crippen LogP contribution in [-0.2, 0) is 24.2 Å². The molecule has 0 fully saturated rings. The molecule has 0 aliphatic carbocycles. The summed E-state index contributed by atoms with van der Waals surface area (Å²) >= 11 is 0. The van der Waals surface area contributed by atoms with Crippen LogP contribution in [0.25, 0.3) is 0 Å². The predicted molar refractivity (Wildman–Crippen MR) is 138 cm³/mol. The molecule has 11 heteroatoms. The van der Waals surface area contributed by atoms with E-state index in [4.69, 9.17) is 9.15 Å². The molecule has 0 saturated carbocycles. The first-order valence-electron chi connectivity index (χ1n) is 12.7. The van der Waals surface area contributed by atoms with E-state index in [0.29, 0.717) is 28.8 Å². The third-order valence-corrected chi connectivity index (χ3v) is 7.59. The van der Waals surface area contributed by atoms with E-state index in [1.54, 1.807) is 18.2 Å². The van der Waals surface area contributed by atoms with Gasteiger partial charge in [-0.05, 0) is 43.5 Å². The molecular weight excluding hydrogens is 550 g/mol. The van der Waals surface area contributed by atoms with Gasteiger partial charge in [0.2, 0.25) is 0 Å². The summed E-state index contributed by atoms with van der Waals surface area (Å²) in [7, 11) is 0. The van der Waals surface area contributed by atoms with Crippen LogP contribution in [0.4, 0.5) is 32.0 Å². The number of oxazole rings is 1. The van der Waals surface area contributed by atoms with Crippen LogP contribution in [0.15, 0.2) is 89.9 Å². The van der Waals surface area contributed by atoms with Gasteiger partial charge in [0.05, 0.1) is 0 Å². The average Bonchev–Trinajstić information content (AvgIpc) is 3.58. The lowest BCUT2D eigenvalue weighted by Gasteiger charge is -2.43. The third kappa shape index (κ3) is 4.71. The summed E-state index contributed by atoms with van der Waals surface area (Å²) in [5, 5.41) is 9.99. The Morgan fingerprint density at radius 1 is 0.951 bits per heavy atom. The molecule has 2 unspecified atom stereocenters. The zero-order chi connectivity index (χ0) is 29.6. The number of hydrogen-bond donors (Lipinski definition) is 1. The van der Waals surface area contributed by atoms with Crippen molar-refractivity contribution in [3.8, 4) is 5.75 Å². The summed E-state index contributed by atoms with van der Waals surface area (Å²) < 4.78 is 93.2. The fourth-order valence-corrected chi connectivity index (χ4v) is 5.60. The zero-order valence-corrected chi connectivity index (χ0v) is 22.0. The van der Waals surface area contributed by atoms with Gasteiger partial charge in [-0.15, -0.1) is 0 Å². The second-order valence-corrected chi connectivity index (χ2v) is 10.2. The lowest BCUT2D eigenvalue weighted by molar-refractivity contribution is -0.376. The highest BCUT2D eigenvalue weighted by molar-refractivity contribution is 5.66. The molecule has 41 heavy (non-hydrogen) atoms. The second kappa shape index (κ2) is 10.1. The normalized spacial score (nSPS) is 17.3. The van der Waals surface area contributed by atoms with Gasteiger partial charge < -0.3 is 19.2 Å². The molecule has 1 aromatic heterocycles. The summed E-state index contributed by atoms with van der Waals surface area (Å²) in [5.41, 5.74) is -4.75. The molecule has 5 nitrogen and oxygen atoms in total. The Bertz CT molecular complexity index is 1490. The highest BCUT2D eigenvalue weighted by atomic mass is 19.4. The van der Waals surface area contributed by atoms with Crippen molar-refractivity contribution in [3.05, 3.63) is 113 Å². The van der Waals surface area contributed by atoms with Gasteiger partial charge >= 0.3 is 12.4 Å². The molecule has 3 aromatic carbocycles. The molecule has 5 rings (SSSR count). The third-order valence-electron chi connectivity index (χ3n) is 7.59. The maximum Gasteiger partial charge on any atom is 0.430 e. The van der Waals surface area contributed by atoms with Crippen LogP contribution in [0.5, 0.6) is 5.75 Å². The number of anilines is 1. The lowest BCUT2D eigenvalue weighted by atomic mass is 9.85. The van der Waals surface area contributed by atoms with E-state index in [-0.39, 0.29) is 18.6 Å². The van der Waals surface area contributed by atoms with Gasteiger partial charge in [0, 0.05) is 22.9 Å². The van der Waals surface area contributed by atoms with E-state index in [1.807, 2.05) is 55.1 Å². The fraction of sp³-hybridized carbons (Fsp3) is 0.300. The molecule has 2 heterocycles. The maximum absolute atomic E-state index is 13.6. The monoisotopic (exact) mass is 576 g/mol. The van der Waals surface area contributed by atoms with E-state index >= 15 is 0 Å². The number of rotatable bonds is 7. The predicted octanol–water partition coefficient (Wildman–Crippen LogP) is 7.28. The number of aliphatic hydroxyl groups is 1. The Hall–Kier alpha value is -3.99. The van der Waals surface area contributed by atoms with E-state index in [1.165, 1.54) is 18.7 Å².